The molecule has 2 rings (SSSR count). The van der Waals surface area contributed by atoms with Gasteiger partial charge in [-0.1, -0.05) is 44.1 Å². The van der Waals surface area contributed by atoms with Crippen LogP contribution in [-0.2, 0) is 14.3 Å². The lowest BCUT2D eigenvalue weighted by molar-refractivity contribution is -0.143. The minimum absolute atomic E-state index is 0.0686. The quantitative estimate of drug-likeness (QED) is 0.244. The number of amides is 1. The molecule has 32 heavy (non-hydrogen) atoms. The maximum Gasteiger partial charge on any atom is 0.330 e. The van der Waals surface area contributed by atoms with E-state index in [1.807, 2.05) is 26.0 Å². The van der Waals surface area contributed by atoms with Crippen molar-refractivity contribution in [3.8, 4) is 0 Å². The van der Waals surface area contributed by atoms with Gasteiger partial charge in [-0.25, -0.2) is 4.79 Å². The average molecular weight is 450 g/mol. The number of methoxy groups -OCH3 is 1. The monoisotopic (exact) mass is 449 g/mol. The number of allylic oxidation sites excluding steroid dienone is 2. The molecule has 0 aromatic rings. The Kier molecular flexibility index (Phi) is 8.85. The van der Waals surface area contributed by atoms with Gasteiger partial charge in [-0.3, -0.25) is 4.79 Å². The number of fused-ring (bicyclic) bond motifs is 1. The lowest BCUT2D eigenvalue weighted by atomic mass is 9.63. The molecule has 0 spiro atoms. The summed E-state index contributed by atoms with van der Waals surface area (Å²) in [5.74, 6) is -1.09. The molecule has 4 N–H and O–H groups in total. The minimum Gasteiger partial charge on any atom is -0.466 e. The number of carbonyl (C=O) groups is 2. The molecule has 1 aliphatic heterocycles. The Labute approximate surface area is 191 Å². The first-order valence-electron chi connectivity index (χ1n) is 11.4. The predicted molar refractivity (Wildman–Crippen MR) is 122 cm³/mol. The zero-order chi connectivity index (χ0) is 24.2. The molecule has 7 nitrogen and oxygen atoms in total. The molecule has 2 aliphatic rings. The van der Waals surface area contributed by atoms with Crippen LogP contribution in [0.25, 0.3) is 0 Å². The van der Waals surface area contributed by atoms with Crippen LogP contribution in [0.5, 0.6) is 0 Å². The molecule has 7 atom stereocenters. The van der Waals surface area contributed by atoms with Gasteiger partial charge in [0.25, 0.3) is 5.91 Å². The normalized spacial score (nSPS) is 32.5. The van der Waals surface area contributed by atoms with Crippen LogP contribution in [-0.4, -0.2) is 58.2 Å². The molecule has 1 heterocycles. The molecule has 7 heteroatoms. The maximum atomic E-state index is 12.9. The Balaban J connectivity index is 2.15. The van der Waals surface area contributed by atoms with E-state index in [4.69, 9.17) is 0 Å². The van der Waals surface area contributed by atoms with E-state index in [1.165, 1.54) is 13.2 Å². The lowest BCUT2D eigenvalue weighted by Gasteiger charge is -2.42. The van der Waals surface area contributed by atoms with Crippen molar-refractivity contribution in [2.75, 3.05) is 7.11 Å². The van der Waals surface area contributed by atoms with E-state index in [0.717, 1.165) is 23.6 Å². The second-order valence-corrected chi connectivity index (χ2v) is 9.78. The standard InChI is InChI=1S/C25H39NO6/c1-14(2)11-19-23-17(5)16(4)13-18(25(23,31)24(30)26-19)12-15(3)7-8-20(27)21(28)9-10-22(29)32-6/h9-10,12-14,17-21,23,27-28,31H,7-8,11H2,1-6H3,(H,26,30)/b10-9+,15-12+/t17-,18+,19+,20+,21-,23+,25-/m0/s1. The van der Waals surface area contributed by atoms with Gasteiger partial charge in [0.1, 0.15) is 0 Å². The first-order valence-corrected chi connectivity index (χ1v) is 11.4. The number of aliphatic hydroxyl groups excluding tert-OH is 2. The van der Waals surface area contributed by atoms with Gasteiger partial charge in [0.15, 0.2) is 5.60 Å². The van der Waals surface area contributed by atoms with Gasteiger partial charge in [-0.2, -0.15) is 0 Å². The third-order valence-electron chi connectivity index (χ3n) is 6.88. The van der Waals surface area contributed by atoms with Crippen LogP contribution in [0.2, 0.25) is 0 Å². The van der Waals surface area contributed by atoms with Crippen molar-refractivity contribution >= 4 is 11.9 Å². The van der Waals surface area contributed by atoms with Crippen LogP contribution in [0.15, 0.2) is 35.5 Å². The Morgan fingerprint density at radius 1 is 1.34 bits per heavy atom. The summed E-state index contributed by atoms with van der Waals surface area (Å²) >= 11 is 0. The SMILES string of the molecule is COC(=O)/C=C/[C@H](O)[C@H](O)CC/C(C)=C/[C@@H]1C=C(C)[C@H](C)[C@@H]2[C@@H](CC(C)C)NC(=O)[C@@]21O. The predicted octanol–water partition coefficient (Wildman–Crippen LogP) is 2.27. The Morgan fingerprint density at radius 3 is 2.59 bits per heavy atom. The summed E-state index contributed by atoms with van der Waals surface area (Å²) in [5, 5.41) is 34.9. The third kappa shape index (κ3) is 5.69. The fourth-order valence-corrected chi connectivity index (χ4v) is 4.98. The molecule has 180 valence electrons. The summed E-state index contributed by atoms with van der Waals surface area (Å²) < 4.78 is 4.47. The highest BCUT2D eigenvalue weighted by Crippen LogP contribution is 2.48. The highest BCUT2D eigenvalue weighted by Gasteiger charge is 2.60. The zero-order valence-corrected chi connectivity index (χ0v) is 20.0. The van der Waals surface area contributed by atoms with Gasteiger partial charge >= 0.3 is 5.97 Å². The van der Waals surface area contributed by atoms with Crippen LogP contribution < -0.4 is 5.32 Å². The topological polar surface area (TPSA) is 116 Å². The van der Waals surface area contributed by atoms with E-state index in [-0.39, 0.29) is 30.2 Å². The van der Waals surface area contributed by atoms with E-state index in [2.05, 4.69) is 30.8 Å². The number of aliphatic hydroxyl groups is 3. The molecule has 0 unspecified atom stereocenters. The van der Waals surface area contributed by atoms with Gasteiger partial charge in [0.2, 0.25) is 0 Å². The van der Waals surface area contributed by atoms with Crippen LogP contribution in [0.3, 0.4) is 0 Å². The summed E-state index contributed by atoms with van der Waals surface area (Å²) in [4.78, 5) is 24.1. The van der Waals surface area contributed by atoms with Crippen molar-refractivity contribution in [3.63, 3.8) is 0 Å². The van der Waals surface area contributed by atoms with Crippen molar-refractivity contribution in [1.29, 1.82) is 0 Å². The van der Waals surface area contributed by atoms with E-state index in [0.29, 0.717) is 12.3 Å². The number of ether oxygens (including phenoxy) is 1. The van der Waals surface area contributed by atoms with E-state index < -0.39 is 29.7 Å². The molecule has 0 bridgehead atoms. The highest BCUT2D eigenvalue weighted by atomic mass is 16.5. The molecule has 1 saturated heterocycles. The summed E-state index contributed by atoms with van der Waals surface area (Å²) in [6.07, 6.45) is 5.48. The molecule has 0 aromatic heterocycles. The van der Waals surface area contributed by atoms with Gasteiger partial charge in [-0.05, 0) is 51.0 Å². The van der Waals surface area contributed by atoms with Crippen molar-refractivity contribution in [3.05, 3.63) is 35.5 Å². The van der Waals surface area contributed by atoms with Gasteiger partial charge in [-0.15, -0.1) is 0 Å². The van der Waals surface area contributed by atoms with E-state index in [9.17, 15) is 24.9 Å². The van der Waals surface area contributed by atoms with Crippen LogP contribution in [0, 0.1) is 23.7 Å². The number of carbonyl (C=O) groups excluding carboxylic acids is 2. The Bertz CT molecular complexity index is 785. The largest absolute Gasteiger partial charge is 0.466 e. The Morgan fingerprint density at radius 2 is 2.00 bits per heavy atom. The fourth-order valence-electron chi connectivity index (χ4n) is 4.98. The maximum absolute atomic E-state index is 12.9. The van der Waals surface area contributed by atoms with Gasteiger partial charge in [0.05, 0.1) is 19.3 Å². The molecule has 0 radical (unpaired) electrons. The number of esters is 1. The molecule has 1 aliphatic carbocycles. The molecule has 1 fully saturated rings. The number of hydrogen-bond donors (Lipinski definition) is 4. The van der Waals surface area contributed by atoms with Crippen LogP contribution >= 0.6 is 0 Å². The smallest absolute Gasteiger partial charge is 0.330 e. The van der Waals surface area contributed by atoms with Crippen molar-refractivity contribution in [1.82, 2.24) is 5.32 Å². The molecule has 0 aromatic carbocycles. The summed E-state index contributed by atoms with van der Waals surface area (Å²) in [5.41, 5.74) is 0.563. The first kappa shape index (κ1) is 26.3. The number of nitrogens with one attached hydrogen (secondary N) is 1. The molecular weight excluding hydrogens is 410 g/mol. The summed E-state index contributed by atoms with van der Waals surface area (Å²) in [6.45, 7) is 10.2. The molecule has 0 saturated carbocycles. The highest BCUT2D eigenvalue weighted by molar-refractivity contribution is 5.90. The van der Waals surface area contributed by atoms with E-state index >= 15 is 0 Å². The Hall–Kier alpha value is -1.96. The number of hydrogen-bond acceptors (Lipinski definition) is 6. The van der Waals surface area contributed by atoms with Crippen LogP contribution in [0.1, 0.15) is 53.9 Å². The lowest BCUT2D eigenvalue weighted by Crippen LogP contribution is -2.53. The van der Waals surface area contributed by atoms with Gasteiger partial charge < -0.3 is 25.4 Å². The van der Waals surface area contributed by atoms with E-state index in [1.54, 1.807) is 0 Å². The fraction of sp³-hybridized carbons (Fsp3) is 0.680. The second-order valence-electron chi connectivity index (χ2n) is 9.78. The average Bonchev–Trinajstić information content (AvgIpc) is 2.98. The summed E-state index contributed by atoms with van der Waals surface area (Å²) in [7, 11) is 1.24. The minimum atomic E-state index is -1.50. The second kappa shape index (κ2) is 10.8. The van der Waals surface area contributed by atoms with Crippen molar-refractivity contribution in [2.24, 2.45) is 23.7 Å². The summed E-state index contributed by atoms with van der Waals surface area (Å²) in [6, 6.07) is -0.0686. The third-order valence-corrected chi connectivity index (χ3v) is 6.88. The van der Waals surface area contributed by atoms with Crippen molar-refractivity contribution < 1.29 is 29.6 Å². The molecular formula is C25H39NO6. The van der Waals surface area contributed by atoms with Gasteiger partial charge in [0, 0.05) is 24.0 Å². The van der Waals surface area contributed by atoms with Crippen molar-refractivity contribution in [2.45, 2.75) is 77.7 Å². The first-order chi connectivity index (χ1) is 14.9. The van der Waals surface area contributed by atoms with Crippen LogP contribution in [0.4, 0.5) is 0 Å². The zero-order valence-electron chi connectivity index (χ0n) is 20.0. The number of rotatable bonds is 9. The molecule has 1 amide bonds.